The van der Waals surface area contributed by atoms with Crippen LogP contribution in [0, 0.1) is 0 Å². The number of halogens is 1. The molecule has 0 spiro atoms. The molecule has 0 unspecified atom stereocenters. The lowest BCUT2D eigenvalue weighted by Crippen LogP contribution is -2.22. The molecule has 2 N–H and O–H groups in total. The minimum Gasteiger partial charge on any atom is -0.496 e. The molecule has 0 fully saturated rings. The second-order valence-corrected chi connectivity index (χ2v) is 3.87. The van der Waals surface area contributed by atoms with Crippen LogP contribution < -0.4 is 10.1 Å². The third-order valence-corrected chi connectivity index (χ3v) is 2.33. The first kappa shape index (κ1) is 12.0. The zero-order valence-electron chi connectivity index (χ0n) is 8.29. The highest BCUT2D eigenvalue weighted by molar-refractivity contribution is 9.10. The van der Waals surface area contributed by atoms with E-state index in [1.807, 2.05) is 18.2 Å². The molecule has 0 bridgehead atoms. The topological polar surface area (TPSA) is 58.6 Å². The Morgan fingerprint density at radius 2 is 2.33 bits per heavy atom. The van der Waals surface area contributed by atoms with Crippen LogP contribution in [0.1, 0.15) is 5.56 Å². The van der Waals surface area contributed by atoms with Crippen molar-refractivity contribution in [2.75, 3.05) is 13.7 Å². The van der Waals surface area contributed by atoms with Crippen LogP contribution in [0.5, 0.6) is 5.75 Å². The van der Waals surface area contributed by atoms with Gasteiger partial charge in [0, 0.05) is 16.6 Å². The van der Waals surface area contributed by atoms with Gasteiger partial charge < -0.3 is 15.2 Å². The molecule has 0 heterocycles. The molecule has 1 rings (SSSR count). The Kier molecular flexibility index (Phi) is 4.58. The largest absolute Gasteiger partial charge is 0.496 e. The van der Waals surface area contributed by atoms with Gasteiger partial charge in [0.2, 0.25) is 0 Å². The zero-order chi connectivity index (χ0) is 11.3. The van der Waals surface area contributed by atoms with Crippen LogP contribution in [-0.2, 0) is 11.3 Å². The number of hydrogen-bond acceptors (Lipinski definition) is 3. The average Bonchev–Trinajstić information content (AvgIpc) is 2.17. The van der Waals surface area contributed by atoms with Gasteiger partial charge in [0.05, 0.1) is 13.7 Å². The van der Waals surface area contributed by atoms with E-state index in [9.17, 15) is 4.79 Å². The monoisotopic (exact) mass is 273 g/mol. The van der Waals surface area contributed by atoms with E-state index in [1.165, 1.54) is 0 Å². The summed E-state index contributed by atoms with van der Waals surface area (Å²) in [7, 11) is 1.59. The Bertz CT molecular complexity index is 355. The van der Waals surface area contributed by atoms with E-state index < -0.39 is 5.97 Å². The Morgan fingerprint density at radius 1 is 1.60 bits per heavy atom. The van der Waals surface area contributed by atoms with Crippen molar-refractivity contribution in [3.63, 3.8) is 0 Å². The summed E-state index contributed by atoms with van der Waals surface area (Å²) in [5.41, 5.74) is 0.924. The van der Waals surface area contributed by atoms with E-state index in [0.29, 0.717) is 6.54 Å². The lowest BCUT2D eigenvalue weighted by atomic mass is 10.2. The third kappa shape index (κ3) is 3.89. The summed E-state index contributed by atoms with van der Waals surface area (Å²) < 4.78 is 6.09. The highest BCUT2D eigenvalue weighted by Gasteiger charge is 2.04. The molecule has 1 aromatic rings. The van der Waals surface area contributed by atoms with Crippen molar-refractivity contribution in [1.29, 1.82) is 0 Å². The minimum absolute atomic E-state index is 0.0599. The molecule has 1 aromatic carbocycles. The van der Waals surface area contributed by atoms with E-state index in [0.717, 1.165) is 15.8 Å². The smallest absolute Gasteiger partial charge is 0.317 e. The molecular formula is C10H12BrNO3. The number of carboxylic acid groups (broad SMARTS) is 1. The molecule has 0 aliphatic heterocycles. The van der Waals surface area contributed by atoms with Crippen molar-refractivity contribution in [3.05, 3.63) is 28.2 Å². The summed E-state index contributed by atoms with van der Waals surface area (Å²) in [6, 6.07) is 5.61. The van der Waals surface area contributed by atoms with Crippen molar-refractivity contribution in [3.8, 4) is 5.75 Å². The van der Waals surface area contributed by atoms with E-state index in [2.05, 4.69) is 21.2 Å². The third-order valence-electron chi connectivity index (χ3n) is 1.83. The van der Waals surface area contributed by atoms with Gasteiger partial charge >= 0.3 is 5.97 Å². The predicted octanol–water partition coefficient (Wildman–Crippen LogP) is 1.63. The maximum Gasteiger partial charge on any atom is 0.317 e. The van der Waals surface area contributed by atoms with Gasteiger partial charge in [-0.2, -0.15) is 0 Å². The fraction of sp³-hybridized carbons (Fsp3) is 0.300. The standard InChI is InChI=1S/C10H12BrNO3/c1-15-9-3-2-8(11)4-7(9)5-12-6-10(13)14/h2-4,12H,5-6H2,1H3,(H,13,14). The number of hydrogen-bond donors (Lipinski definition) is 2. The lowest BCUT2D eigenvalue weighted by Gasteiger charge is -2.08. The minimum atomic E-state index is -0.871. The number of carbonyl (C=O) groups is 1. The van der Waals surface area contributed by atoms with E-state index >= 15 is 0 Å². The fourth-order valence-corrected chi connectivity index (χ4v) is 1.60. The van der Waals surface area contributed by atoms with Gasteiger partial charge in [-0.3, -0.25) is 4.79 Å². The fourth-order valence-electron chi connectivity index (χ4n) is 1.19. The maximum absolute atomic E-state index is 10.3. The van der Waals surface area contributed by atoms with Gasteiger partial charge in [-0.15, -0.1) is 0 Å². The van der Waals surface area contributed by atoms with Crippen LogP contribution in [0.4, 0.5) is 0 Å². The molecule has 0 atom stereocenters. The summed E-state index contributed by atoms with van der Waals surface area (Å²) in [4.78, 5) is 10.3. The highest BCUT2D eigenvalue weighted by Crippen LogP contribution is 2.22. The number of aliphatic carboxylic acids is 1. The van der Waals surface area contributed by atoms with Crippen molar-refractivity contribution in [1.82, 2.24) is 5.32 Å². The second-order valence-electron chi connectivity index (χ2n) is 2.95. The number of nitrogens with one attached hydrogen (secondary N) is 1. The molecule has 0 aliphatic carbocycles. The van der Waals surface area contributed by atoms with Gasteiger partial charge in [-0.05, 0) is 18.2 Å². The second kappa shape index (κ2) is 5.72. The maximum atomic E-state index is 10.3. The molecule has 5 heteroatoms. The highest BCUT2D eigenvalue weighted by atomic mass is 79.9. The van der Waals surface area contributed by atoms with Crippen molar-refractivity contribution in [2.45, 2.75) is 6.54 Å². The first-order valence-electron chi connectivity index (χ1n) is 4.38. The van der Waals surface area contributed by atoms with Gasteiger partial charge in [0.1, 0.15) is 5.75 Å². The van der Waals surface area contributed by atoms with Crippen molar-refractivity contribution >= 4 is 21.9 Å². The summed E-state index contributed by atoms with van der Waals surface area (Å²) in [5.74, 6) is -0.125. The van der Waals surface area contributed by atoms with E-state index in [1.54, 1.807) is 7.11 Å². The van der Waals surface area contributed by atoms with Crippen molar-refractivity contribution in [2.24, 2.45) is 0 Å². The summed E-state index contributed by atoms with van der Waals surface area (Å²) in [6.07, 6.45) is 0. The van der Waals surface area contributed by atoms with Gasteiger partial charge in [-0.25, -0.2) is 0 Å². The molecule has 4 nitrogen and oxygen atoms in total. The molecular weight excluding hydrogens is 262 g/mol. The molecule has 0 aliphatic rings. The predicted molar refractivity (Wildman–Crippen MR) is 60.0 cm³/mol. The van der Waals surface area contributed by atoms with Crippen LogP contribution in [0.15, 0.2) is 22.7 Å². The first-order chi connectivity index (χ1) is 7.13. The first-order valence-corrected chi connectivity index (χ1v) is 5.17. The molecule has 0 amide bonds. The normalized spacial score (nSPS) is 10.0. The van der Waals surface area contributed by atoms with E-state index in [-0.39, 0.29) is 6.54 Å². The lowest BCUT2D eigenvalue weighted by molar-refractivity contribution is -0.135. The summed E-state index contributed by atoms with van der Waals surface area (Å²) in [6.45, 7) is 0.407. The number of carboxylic acids is 1. The molecule has 0 aromatic heterocycles. The zero-order valence-corrected chi connectivity index (χ0v) is 9.87. The molecule has 82 valence electrons. The van der Waals surface area contributed by atoms with Crippen LogP contribution in [-0.4, -0.2) is 24.7 Å². The molecule has 0 saturated carbocycles. The summed E-state index contributed by atoms with van der Waals surface area (Å²) in [5, 5.41) is 11.3. The number of ether oxygens (including phenoxy) is 1. The Morgan fingerprint density at radius 3 is 2.93 bits per heavy atom. The van der Waals surface area contributed by atoms with Gasteiger partial charge in [0.15, 0.2) is 0 Å². The Hall–Kier alpha value is -1.07. The van der Waals surface area contributed by atoms with Crippen LogP contribution in [0.3, 0.4) is 0 Å². The van der Waals surface area contributed by atoms with Crippen LogP contribution >= 0.6 is 15.9 Å². The SMILES string of the molecule is COc1ccc(Br)cc1CNCC(=O)O. The van der Waals surface area contributed by atoms with E-state index in [4.69, 9.17) is 9.84 Å². The number of methoxy groups -OCH3 is 1. The molecule has 0 radical (unpaired) electrons. The Balaban J connectivity index is 2.65. The Labute approximate surface area is 96.4 Å². The summed E-state index contributed by atoms with van der Waals surface area (Å²) >= 11 is 3.35. The quantitative estimate of drug-likeness (QED) is 0.856. The number of benzene rings is 1. The van der Waals surface area contributed by atoms with Crippen LogP contribution in [0.2, 0.25) is 0 Å². The van der Waals surface area contributed by atoms with Crippen LogP contribution in [0.25, 0.3) is 0 Å². The van der Waals surface area contributed by atoms with Gasteiger partial charge in [-0.1, -0.05) is 15.9 Å². The van der Waals surface area contributed by atoms with Gasteiger partial charge in [0.25, 0.3) is 0 Å². The average molecular weight is 274 g/mol. The van der Waals surface area contributed by atoms with Crippen molar-refractivity contribution < 1.29 is 14.6 Å². The molecule has 15 heavy (non-hydrogen) atoms. The molecule has 0 saturated heterocycles. The number of rotatable bonds is 5.